The van der Waals surface area contributed by atoms with Crippen molar-refractivity contribution in [3.05, 3.63) is 0 Å². The van der Waals surface area contributed by atoms with Gasteiger partial charge in [-0.15, -0.1) is 0 Å². The van der Waals surface area contributed by atoms with Gasteiger partial charge < -0.3 is 10.1 Å². The van der Waals surface area contributed by atoms with Crippen molar-refractivity contribution in [2.45, 2.75) is 44.6 Å². The van der Waals surface area contributed by atoms with E-state index in [0.717, 1.165) is 11.8 Å². The Morgan fingerprint density at radius 2 is 2.07 bits per heavy atom. The molecule has 0 aliphatic heterocycles. The largest absolute Gasteiger partial charge is 0.381 e. The van der Waals surface area contributed by atoms with Crippen molar-refractivity contribution < 1.29 is 4.74 Å². The summed E-state index contributed by atoms with van der Waals surface area (Å²) in [6, 6.07) is 0. The summed E-state index contributed by atoms with van der Waals surface area (Å²) in [5, 5.41) is 7.48. The normalized spacial score (nSPS) is 42.9. The number of nitrogens with one attached hydrogen (secondary N) is 1. The second-order valence-corrected chi connectivity index (χ2v) is 4.86. The molecule has 1 N–H and O–H groups in total. The lowest BCUT2D eigenvalue weighted by atomic mass is 9.65. The predicted molar refractivity (Wildman–Crippen MR) is 57.8 cm³/mol. The van der Waals surface area contributed by atoms with Crippen LogP contribution in [0.15, 0.2) is 0 Å². The van der Waals surface area contributed by atoms with E-state index < -0.39 is 0 Å². The van der Waals surface area contributed by atoms with Gasteiger partial charge in [-0.25, -0.2) is 0 Å². The third-order valence-electron chi connectivity index (χ3n) is 4.21. The van der Waals surface area contributed by atoms with Gasteiger partial charge in [-0.3, -0.25) is 0 Å². The van der Waals surface area contributed by atoms with Gasteiger partial charge >= 0.3 is 0 Å². The van der Waals surface area contributed by atoms with Crippen molar-refractivity contribution in [3.8, 4) is 0 Å². The van der Waals surface area contributed by atoms with Crippen molar-refractivity contribution in [3.63, 3.8) is 0 Å². The van der Waals surface area contributed by atoms with Crippen LogP contribution in [0.2, 0.25) is 0 Å². The molecule has 2 aliphatic carbocycles. The van der Waals surface area contributed by atoms with Gasteiger partial charge in [0.2, 0.25) is 0 Å². The van der Waals surface area contributed by atoms with Crippen LogP contribution < -0.4 is 0 Å². The van der Waals surface area contributed by atoms with Crippen LogP contribution in [0.1, 0.15) is 38.5 Å². The van der Waals surface area contributed by atoms with E-state index in [4.69, 9.17) is 10.1 Å². The zero-order chi connectivity index (χ0) is 9.97. The first-order valence-corrected chi connectivity index (χ1v) is 5.88. The van der Waals surface area contributed by atoms with Crippen LogP contribution in [-0.2, 0) is 4.74 Å². The fourth-order valence-corrected chi connectivity index (χ4v) is 3.36. The Hall–Kier alpha value is -0.370. The number of hydrogen-bond donors (Lipinski definition) is 1. The molecule has 0 amide bonds. The predicted octanol–water partition coefficient (Wildman–Crippen LogP) is 2.87. The van der Waals surface area contributed by atoms with Crippen molar-refractivity contribution in [1.29, 1.82) is 5.41 Å². The van der Waals surface area contributed by atoms with Gasteiger partial charge in [-0.2, -0.15) is 0 Å². The van der Waals surface area contributed by atoms with E-state index in [1.165, 1.54) is 38.5 Å². The van der Waals surface area contributed by atoms with Gasteiger partial charge in [-0.1, -0.05) is 12.8 Å². The maximum absolute atomic E-state index is 7.48. The summed E-state index contributed by atoms with van der Waals surface area (Å²) in [6.45, 7) is 0. The molecule has 0 radical (unpaired) electrons. The van der Waals surface area contributed by atoms with E-state index in [0.29, 0.717) is 12.0 Å². The van der Waals surface area contributed by atoms with Crippen LogP contribution in [0.4, 0.5) is 0 Å². The summed E-state index contributed by atoms with van der Waals surface area (Å²) < 4.78 is 5.46. The molecule has 0 spiro atoms. The van der Waals surface area contributed by atoms with Gasteiger partial charge in [0, 0.05) is 7.11 Å². The average molecular weight is 195 g/mol. The van der Waals surface area contributed by atoms with Crippen molar-refractivity contribution in [1.82, 2.24) is 0 Å². The third-order valence-corrected chi connectivity index (χ3v) is 4.21. The van der Waals surface area contributed by atoms with Gasteiger partial charge in [-0.05, 0) is 49.7 Å². The van der Waals surface area contributed by atoms with Crippen LogP contribution >= 0.6 is 0 Å². The first kappa shape index (κ1) is 10.2. The number of methoxy groups -OCH3 is 1. The van der Waals surface area contributed by atoms with Crippen molar-refractivity contribution in [2.24, 2.45) is 17.8 Å². The van der Waals surface area contributed by atoms with Gasteiger partial charge in [0.15, 0.2) is 0 Å². The average Bonchev–Trinajstić information content (AvgIpc) is 2.27. The maximum Gasteiger partial charge on any atom is 0.0574 e. The van der Waals surface area contributed by atoms with E-state index in [1.807, 2.05) is 7.11 Å². The summed E-state index contributed by atoms with van der Waals surface area (Å²) in [5.74, 6) is 2.19. The lowest BCUT2D eigenvalue weighted by molar-refractivity contribution is 0.00617. The molecule has 2 rings (SSSR count). The van der Waals surface area contributed by atoms with Gasteiger partial charge in [0.1, 0.15) is 0 Å². The second kappa shape index (κ2) is 4.43. The Morgan fingerprint density at radius 1 is 1.21 bits per heavy atom. The molecule has 4 atom stereocenters. The highest BCUT2D eigenvalue weighted by atomic mass is 16.5. The molecule has 0 aromatic heterocycles. The Labute approximate surface area is 86.5 Å². The van der Waals surface area contributed by atoms with Crippen LogP contribution in [0.3, 0.4) is 0 Å². The topological polar surface area (TPSA) is 33.1 Å². The summed E-state index contributed by atoms with van der Waals surface area (Å²) >= 11 is 0. The quantitative estimate of drug-likeness (QED) is 0.675. The monoisotopic (exact) mass is 195 g/mol. The van der Waals surface area contributed by atoms with Gasteiger partial charge in [0.05, 0.1) is 6.10 Å². The summed E-state index contributed by atoms with van der Waals surface area (Å²) in [7, 11) is 1.83. The maximum atomic E-state index is 7.48. The van der Waals surface area contributed by atoms with Crippen LogP contribution in [0.25, 0.3) is 0 Å². The van der Waals surface area contributed by atoms with Crippen molar-refractivity contribution >= 4 is 6.21 Å². The number of fused-ring (bicyclic) bond motifs is 1. The molecule has 2 saturated carbocycles. The Kier molecular flexibility index (Phi) is 3.22. The number of rotatable bonds is 2. The van der Waals surface area contributed by atoms with Crippen molar-refractivity contribution in [2.75, 3.05) is 7.11 Å². The van der Waals surface area contributed by atoms with E-state index in [-0.39, 0.29) is 0 Å². The first-order valence-electron chi connectivity index (χ1n) is 5.88. The molecular weight excluding hydrogens is 174 g/mol. The molecule has 0 heterocycles. The standard InChI is InChI=1S/C12H21NO/c1-14-11-6-5-9-3-2-4-10(8-13)12(9)7-11/h8-13H,2-7H2,1H3. The SMILES string of the molecule is COC1CCC2CCCC(C=N)C2C1. The fourth-order valence-electron chi connectivity index (χ4n) is 3.36. The number of ether oxygens (including phenoxy) is 1. The van der Waals surface area contributed by atoms with Crippen LogP contribution in [-0.4, -0.2) is 19.4 Å². The molecule has 2 aliphatic rings. The first-order chi connectivity index (χ1) is 6.85. The molecule has 80 valence electrons. The molecule has 0 aromatic carbocycles. The van der Waals surface area contributed by atoms with E-state index in [2.05, 4.69) is 0 Å². The highest BCUT2D eigenvalue weighted by molar-refractivity contribution is 5.57. The Bertz CT molecular complexity index is 204. The molecular formula is C12H21NO. The molecule has 2 fully saturated rings. The molecule has 14 heavy (non-hydrogen) atoms. The minimum atomic E-state index is 0.469. The lowest BCUT2D eigenvalue weighted by Crippen LogP contribution is -2.37. The van der Waals surface area contributed by atoms with Crippen LogP contribution in [0, 0.1) is 23.2 Å². The smallest absolute Gasteiger partial charge is 0.0574 e. The minimum absolute atomic E-state index is 0.469. The molecule has 0 saturated heterocycles. The summed E-state index contributed by atoms with van der Waals surface area (Å²) in [6.07, 6.45) is 9.88. The zero-order valence-corrected chi connectivity index (χ0v) is 9.04. The highest BCUT2D eigenvalue weighted by Crippen LogP contribution is 2.43. The van der Waals surface area contributed by atoms with Crippen LogP contribution in [0.5, 0.6) is 0 Å². The molecule has 2 heteroatoms. The summed E-state index contributed by atoms with van der Waals surface area (Å²) in [4.78, 5) is 0. The number of hydrogen-bond acceptors (Lipinski definition) is 2. The second-order valence-electron chi connectivity index (χ2n) is 4.86. The Morgan fingerprint density at radius 3 is 2.79 bits per heavy atom. The Balaban J connectivity index is 2.02. The molecule has 0 aromatic rings. The van der Waals surface area contributed by atoms with E-state index in [9.17, 15) is 0 Å². The molecule has 2 nitrogen and oxygen atoms in total. The van der Waals surface area contributed by atoms with E-state index >= 15 is 0 Å². The zero-order valence-electron chi connectivity index (χ0n) is 9.04. The minimum Gasteiger partial charge on any atom is -0.381 e. The van der Waals surface area contributed by atoms with Gasteiger partial charge in [0.25, 0.3) is 0 Å². The highest BCUT2D eigenvalue weighted by Gasteiger charge is 2.37. The summed E-state index contributed by atoms with van der Waals surface area (Å²) in [5.41, 5.74) is 0. The molecule has 4 unspecified atom stereocenters. The lowest BCUT2D eigenvalue weighted by Gasteiger charge is -2.42. The van der Waals surface area contributed by atoms with E-state index in [1.54, 1.807) is 6.21 Å². The fraction of sp³-hybridized carbons (Fsp3) is 0.917. The third kappa shape index (κ3) is 1.85. The molecule has 0 bridgehead atoms.